The van der Waals surface area contributed by atoms with Crippen molar-refractivity contribution < 1.29 is 24.2 Å². The molecule has 0 saturated carbocycles. The van der Waals surface area contributed by atoms with Crippen LogP contribution < -0.4 is 15.6 Å². The molecule has 9 nitrogen and oxygen atoms in total. The monoisotopic (exact) mass is 856 g/mol. The summed E-state index contributed by atoms with van der Waals surface area (Å²) in [5.41, 5.74) is 4.69. The number of nitrogens with zero attached hydrogens (tertiary/aromatic N) is 2. The number of hydrogen-bond donors (Lipinski definition) is 3. The topological polar surface area (TPSA) is 120 Å². The molecule has 1 unspecified atom stereocenters. The number of carbonyl (C=O) groups is 2. The molecule has 0 aliphatic carbocycles. The molecule has 44 heavy (non-hydrogen) atoms. The van der Waals surface area contributed by atoms with Gasteiger partial charge in [0.25, 0.3) is 5.56 Å². The second-order valence-electron chi connectivity index (χ2n) is 9.43. The number of rotatable bonds is 6. The van der Waals surface area contributed by atoms with Crippen molar-refractivity contribution in [3.8, 4) is 17.1 Å². The van der Waals surface area contributed by atoms with E-state index in [1.54, 1.807) is 30.1 Å². The van der Waals surface area contributed by atoms with Crippen molar-refractivity contribution in [2.75, 3.05) is 13.4 Å². The standard InChI is InChI=1S/C29H25N3O6.C2H6.CH4S.CH3.Es/c1-37-17-8-9-23-18(11-17)20(13-30-25(33)10-7-16-5-3-2-4-6-16)21-14-32-24(26(21)31-23)12-19-22(28(32)35)15-38-29(36)27(19)34;2*1-2;;/h2-6,8-9,11-12,27,34H,7,10,13-15H2,1H3,(H,30,33);1-2H3;2H,1H3;1H3;/q;;;-1;. The Labute approximate surface area is 257 Å². The number of carbonyl (C=O) groups excluding carboxylic acids is 2. The van der Waals surface area contributed by atoms with Gasteiger partial charge >= 0.3 is 5.97 Å². The van der Waals surface area contributed by atoms with Crippen molar-refractivity contribution >= 4 is 35.4 Å². The van der Waals surface area contributed by atoms with E-state index in [1.807, 2.05) is 56.3 Å². The molecule has 239 valence electrons. The molecular formula is C33H38EsN3O6S-. The Bertz CT molecular complexity index is 1680. The fraction of sp³-hybridized carbons (Fsp3) is 0.303. The van der Waals surface area contributed by atoms with Crippen molar-refractivity contribution in [3.05, 3.63) is 100 Å². The number of aryl methyl sites for hydroxylation is 1. The normalized spacial score (nSPS) is 13.6. The molecule has 2 aromatic heterocycles. The number of amides is 1. The van der Waals surface area contributed by atoms with E-state index in [0.717, 1.165) is 22.1 Å². The van der Waals surface area contributed by atoms with Gasteiger partial charge in [0.2, 0.25) is 5.91 Å². The van der Waals surface area contributed by atoms with Gasteiger partial charge in [-0.05, 0) is 48.1 Å². The van der Waals surface area contributed by atoms with E-state index in [2.05, 4.69) is 17.9 Å². The van der Waals surface area contributed by atoms with E-state index < -0.39 is 12.1 Å². The van der Waals surface area contributed by atoms with Crippen LogP contribution in [-0.4, -0.2) is 39.9 Å². The van der Waals surface area contributed by atoms with Crippen LogP contribution in [0.2, 0.25) is 0 Å². The summed E-state index contributed by atoms with van der Waals surface area (Å²) >= 11 is 3.53. The van der Waals surface area contributed by atoms with Gasteiger partial charge in [0.05, 0.1) is 36.1 Å². The number of cyclic esters (lactones) is 1. The van der Waals surface area contributed by atoms with Crippen LogP contribution in [0.4, 0.5) is 0 Å². The smallest absolute Gasteiger partial charge is 0.340 e. The summed E-state index contributed by atoms with van der Waals surface area (Å²) in [5, 5.41) is 14.2. The summed E-state index contributed by atoms with van der Waals surface area (Å²) in [4.78, 5) is 42.9. The number of aromatic nitrogens is 2. The van der Waals surface area contributed by atoms with Crippen LogP contribution in [0, 0.1) is 7.43 Å². The van der Waals surface area contributed by atoms with Crippen LogP contribution in [0.3, 0.4) is 0 Å². The predicted molar refractivity (Wildman–Crippen MR) is 171 cm³/mol. The van der Waals surface area contributed by atoms with E-state index in [4.69, 9.17) is 14.5 Å². The number of thiol groups is 1. The Morgan fingerprint density at radius 2 is 1.82 bits per heavy atom. The minimum Gasteiger partial charge on any atom is -0.497 e. The average Bonchev–Trinajstić information content (AvgIpc) is 3.41. The van der Waals surface area contributed by atoms with Crippen LogP contribution in [0.15, 0.2) is 59.4 Å². The van der Waals surface area contributed by atoms with Gasteiger partial charge in [-0.3, -0.25) is 9.59 Å². The van der Waals surface area contributed by atoms with Crippen LogP contribution in [0.5, 0.6) is 5.75 Å². The fourth-order valence-corrected chi connectivity index (χ4v) is 5.19. The number of benzene rings is 2. The van der Waals surface area contributed by atoms with Crippen molar-refractivity contribution in [2.45, 2.75) is 52.5 Å². The van der Waals surface area contributed by atoms with Crippen LogP contribution >= 0.6 is 12.6 Å². The molecule has 11 heteroatoms. The zero-order chi connectivity index (χ0) is 30.4. The molecule has 4 aromatic rings. The van der Waals surface area contributed by atoms with Crippen LogP contribution in [-0.2, 0) is 40.4 Å². The molecule has 1 radical (unpaired) electrons. The quantitative estimate of drug-likeness (QED) is 0.128. The molecule has 0 spiro atoms. The van der Waals surface area contributed by atoms with Gasteiger partial charge < -0.3 is 31.9 Å². The maximum Gasteiger partial charge on any atom is 0.340 e. The van der Waals surface area contributed by atoms with Crippen molar-refractivity contribution in [1.29, 1.82) is 0 Å². The number of hydrogen-bond acceptors (Lipinski definition) is 8. The third kappa shape index (κ3) is 6.58. The molecule has 2 aromatic carbocycles. The number of aliphatic hydroxyl groups is 1. The number of pyridine rings is 2. The molecule has 2 N–H and O–H groups in total. The van der Waals surface area contributed by atoms with Crippen LogP contribution in [0.1, 0.15) is 54.2 Å². The van der Waals surface area contributed by atoms with E-state index >= 15 is 0 Å². The summed E-state index contributed by atoms with van der Waals surface area (Å²) in [6, 6.07) is 17.0. The van der Waals surface area contributed by atoms with Gasteiger partial charge in [-0.1, -0.05) is 44.2 Å². The molecule has 1 amide bonds. The Balaban J connectivity index is 0.00000108. The van der Waals surface area contributed by atoms with Gasteiger partial charge in [-0.15, -0.1) is 0 Å². The van der Waals surface area contributed by atoms with Gasteiger partial charge in [0.1, 0.15) is 12.4 Å². The first-order chi connectivity index (χ1) is 20.4. The Morgan fingerprint density at radius 3 is 2.50 bits per heavy atom. The first-order valence-corrected chi connectivity index (χ1v) is 14.7. The number of aliphatic hydroxyl groups excluding tert-OH is 1. The zero-order valence-corrected chi connectivity index (χ0v) is 28.8. The second kappa shape index (κ2) is 15.4. The molecular weight excluding hydrogens is 818 g/mol. The maximum absolute atomic E-state index is 13.4. The van der Waals surface area contributed by atoms with E-state index in [9.17, 15) is 19.5 Å². The van der Waals surface area contributed by atoms with E-state index in [1.165, 1.54) is 0 Å². The average molecular weight is 857 g/mol. The van der Waals surface area contributed by atoms with Crippen molar-refractivity contribution in [1.82, 2.24) is 14.9 Å². The summed E-state index contributed by atoms with van der Waals surface area (Å²) in [5.74, 6) is -0.215. The van der Waals surface area contributed by atoms with Crippen molar-refractivity contribution in [3.63, 3.8) is 0 Å². The number of esters is 1. The SMILES string of the molecule is CC.COc1ccc2nc3c(c(CNC(=O)CCc4ccccc4)c2c1)Cn1c-3cc2c(c1=O)COC(=O)C2O.CS.[CH3-].[Es]. The maximum atomic E-state index is 13.4. The molecule has 4 heterocycles. The predicted octanol–water partition coefficient (Wildman–Crippen LogP) is 4.80. The van der Waals surface area contributed by atoms with Crippen LogP contribution in [0.25, 0.3) is 22.3 Å². The second-order valence-corrected chi connectivity index (χ2v) is 9.43. The fourth-order valence-electron chi connectivity index (χ4n) is 5.19. The Hall–Kier alpha value is -5.15. The molecule has 0 saturated heterocycles. The summed E-state index contributed by atoms with van der Waals surface area (Å²) in [6.45, 7) is 4.31. The van der Waals surface area contributed by atoms with Gasteiger partial charge in [0, 0.05) is 29.5 Å². The molecule has 6 rings (SSSR count). The third-order valence-corrected chi connectivity index (χ3v) is 7.23. The number of nitrogens with one attached hydrogen (secondary N) is 1. The van der Waals surface area contributed by atoms with Gasteiger partial charge in [-0.2, -0.15) is 12.6 Å². The number of ether oxygens (including phenoxy) is 2. The first kappa shape index (κ1) is 35.0. The van der Waals surface area contributed by atoms with E-state index in [-0.39, 0.29) is 49.7 Å². The van der Waals surface area contributed by atoms with Gasteiger partial charge in [-0.25, -0.2) is 9.78 Å². The largest absolute Gasteiger partial charge is 0.497 e. The zero-order valence-electron chi connectivity index (χ0n) is 25.4. The number of methoxy groups -OCH3 is 1. The summed E-state index contributed by atoms with van der Waals surface area (Å²) < 4.78 is 12.0. The minimum atomic E-state index is -1.52. The Kier molecular flexibility index (Phi) is 12.2. The Morgan fingerprint density at radius 1 is 1.11 bits per heavy atom. The molecule has 2 aliphatic heterocycles. The summed E-state index contributed by atoms with van der Waals surface area (Å²) in [6.07, 6.45) is 1.15. The van der Waals surface area contributed by atoms with E-state index in [0.29, 0.717) is 35.5 Å². The van der Waals surface area contributed by atoms with Gasteiger partial charge in [0.15, 0.2) is 6.10 Å². The summed E-state index contributed by atoms with van der Waals surface area (Å²) in [7, 11) is 1.58. The third-order valence-electron chi connectivity index (χ3n) is 7.23. The molecule has 0 fully saturated rings. The first-order valence-electron chi connectivity index (χ1n) is 13.8. The molecule has 1 atom stereocenters. The molecule has 0 bridgehead atoms. The number of fused-ring (bicyclic) bond motifs is 5. The minimum absolute atomic E-state index is 0. The molecule has 2 aliphatic rings. The van der Waals surface area contributed by atoms with Crippen molar-refractivity contribution in [2.24, 2.45) is 0 Å².